The molecule has 1 aromatic heterocycles. The monoisotopic (exact) mass is 284 g/mol. The smallest absolute Gasteiger partial charge is 0.258 e. The Morgan fingerprint density at radius 1 is 1.24 bits per heavy atom. The van der Waals surface area contributed by atoms with E-state index in [1.165, 1.54) is 12.4 Å². The summed E-state index contributed by atoms with van der Waals surface area (Å²) in [6.07, 6.45) is 5.34. The fraction of sp³-hybridized carbons (Fsp3) is 0.267. The standard InChI is InChI=1S/C15H16N4O2/c1-21-13-5-3-2-4-12(13)19-14(20)10-8-16-15(17-9-10)18-11-6-7-11/h2-5,8-9,11H,6-7H2,1H3,(H,19,20)(H,16,17,18). The van der Waals surface area contributed by atoms with Crippen LogP contribution in [0.1, 0.15) is 23.2 Å². The lowest BCUT2D eigenvalue weighted by Crippen LogP contribution is -2.14. The summed E-state index contributed by atoms with van der Waals surface area (Å²) in [4.78, 5) is 20.5. The van der Waals surface area contributed by atoms with E-state index in [2.05, 4.69) is 20.6 Å². The molecule has 3 rings (SSSR count). The second-order valence-electron chi connectivity index (χ2n) is 4.87. The van der Waals surface area contributed by atoms with Crippen molar-refractivity contribution in [1.82, 2.24) is 9.97 Å². The SMILES string of the molecule is COc1ccccc1NC(=O)c1cnc(NC2CC2)nc1. The van der Waals surface area contributed by atoms with Crippen molar-refractivity contribution in [3.05, 3.63) is 42.2 Å². The van der Waals surface area contributed by atoms with Gasteiger partial charge in [-0.25, -0.2) is 9.97 Å². The van der Waals surface area contributed by atoms with Crippen molar-refractivity contribution in [2.24, 2.45) is 0 Å². The third-order valence-corrected chi connectivity index (χ3v) is 3.18. The summed E-state index contributed by atoms with van der Waals surface area (Å²) in [5.41, 5.74) is 1.02. The summed E-state index contributed by atoms with van der Waals surface area (Å²) < 4.78 is 5.20. The van der Waals surface area contributed by atoms with Crippen LogP contribution >= 0.6 is 0 Å². The summed E-state index contributed by atoms with van der Waals surface area (Å²) in [6.45, 7) is 0. The number of rotatable bonds is 5. The lowest BCUT2D eigenvalue weighted by molar-refractivity contribution is 0.102. The third kappa shape index (κ3) is 3.28. The number of ether oxygens (including phenoxy) is 1. The summed E-state index contributed by atoms with van der Waals surface area (Å²) in [5.74, 6) is 0.905. The molecule has 6 nitrogen and oxygen atoms in total. The zero-order chi connectivity index (χ0) is 14.7. The van der Waals surface area contributed by atoms with Gasteiger partial charge in [0.05, 0.1) is 18.4 Å². The van der Waals surface area contributed by atoms with Gasteiger partial charge in [-0.05, 0) is 25.0 Å². The Kier molecular flexibility index (Phi) is 3.68. The van der Waals surface area contributed by atoms with E-state index in [9.17, 15) is 4.79 Å². The van der Waals surface area contributed by atoms with E-state index in [4.69, 9.17) is 4.74 Å². The molecule has 108 valence electrons. The highest BCUT2D eigenvalue weighted by atomic mass is 16.5. The van der Waals surface area contributed by atoms with Crippen molar-refractivity contribution >= 4 is 17.5 Å². The topological polar surface area (TPSA) is 76.1 Å². The largest absolute Gasteiger partial charge is 0.495 e. The minimum atomic E-state index is -0.266. The van der Waals surface area contributed by atoms with Gasteiger partial charge in [-0.1, -0.05) is 12.1 Å². The maximum absolute atomic E-state index is 12.2. The van der Waals surface area contributed by atoms with E-state index in [1.54, 1.807) is 19.2 Å². The first kappa shape index (κ1) is 13.4. The fourth-order valence-corrected chi connectivity index (χ4v) is 1.87. The minimum absolute atomic E-state index is 0.266. The Morgan fingerprint density at radius 2 is 1.95 bits per heavy atom. The number of methoxy groups -OCH3 is 1. The number of hydrogen-bond acceptors (Lipinski definition) is 5. The highest BCUT2D eigenvalue weighted by Gasteiger charge is 2.21. The van der Waals surface area contributed by atoms with Gasteiger partial charge >= 0.3 is 0 Å². The zero-order valence-electron chi connectivity index (χ0n) is 11.7. The van der Waals surface area contributed by atoms with Crippen LogP contribution in [-0.4, -0.2) is 29.0 Å². The third-order valence-electron chi connectivity index (χ3n) is 3.18. The van der Waals surface area contributed by atoms with Gasteiger partial charge in [0.15, 0.2) is 0 Å². The molecule has 1 heterocycles. The van der Waals surface area contributed by atoms with Crippen molar-refractivity contribution in [3.63, 3.8) is 0 Å². The van der Waals surface area contributed by atoms with E-state index in [0.29, 0.717) is 29.0 Å². The molecule has 2 N–H and O–H groups in total. The molecule has 0 aliphatic heterocycles. The average Bonchev–Trinajstić information content (AvgIpc) is 3.32. The second-order valence-corrected chi connectivity index (χ2v) is 4.87. The number of hydrogen-bond donors (Lipinski definition) is 2. The van der Waals surface area contributed by atoms with Crippen LogP contribution in [0.15, 0.2) is 36.7 Å². The Morgan fingerprint density at radius 3 is 2.62 bits per heavy atom. The molecular formula is C15H16N4O2. The number of nitrogens with zero attached hydrogens (tertiary/aromatic N) is 2. The van der Waals surface area contributed by atoms with Crippen molar-refractivity contribution in [2.75, 3.05) is 17.7 Å². The molecule has 0 unspecified atom stereocenters. The number of carbonyl (C=O) groups is 1. The Labute approximate surface area is 122 Å². The number of para-hydroxylation sites is 2. The summed E-state index contributed by atoms with van der Waals surface area (Å²) in [5, 5.41) is 5.96. The van der Waals surface area contributed by atoms with Gasteiger partial charge in [0.2, 0.25) is 5.95 Å². The normalized spacial score (nSPS) is 13.6. The van der Waals surface area contributed by atoms with Crippen molar-refractivity contribution in [3.8, 4) is 5.75 Å². The molecule has 21 heavy (non-hydrogen) atoms. The molecule has 0 saturated heterocycles. The Hall–Kier alpha value is -2.63. The van der Waals surface area contributed by atoms with Crippen LogP contribution in [0, 0.1) is 0 Å². The van der Waals surface area contributed by atoms with Gasteiger partial charge in [0.25, 0.3) is 5.91 Å². The number of nitrogens with one attached hydrogen (secondary N) is 2. The predicted octanol–water partition coefficient (Wildman–Crippen LogP) is 2.31. The number of amides is 1. The number of carbonyl (C=O) groups excluding carboxylic acids is 1. The minimum Gasteiger partial charge on any atom is -0.495 e. The van der Waals surface area contributed by atoms with Crippen LogP contribution in [0.4, 0.5) is 11.6 Å². The highest BCUT2D eigenvalue weighted by Crippen LogP contribution is 2.24. The summed E-state index contributed by atoms with van der Waals surface area (Å²) in [6, 6.07) is 7.72. The molecule has 0 bridgehead atoms. The highest BCUT2D eigenvalue weighted by molar-refractivity contribution is 6.04. The van der Waals surface area contributed by atoms with Gasteiger partial charge in [-0.3, -0.25) is 4.79 Å². The van der Waals surface area contributed by atoms with Crippen LogP contribution in [0.2, 0.25) is 0 Å². The van der Waals surface area contributed by atoms with Crippen LogP contribution in [0.3, 0.4) is 0 Å². The molecule has 1 saturated carbocycles. The molecular weight excluding hydrogens is 268 g/mol. The molecule has 1 amide bonds. The molecule has 1 aromatic carbocycles. The van der Waals surface area contributed by atoms with Gasteiger partial charge in [0.1, 0.15) is 5.75 Å². The van der Waals surface area contributed by atoms with Gasteiger partial charge < -0.3 is 15.4 Å². The molecule has 6 heteroatoms. The van der Waals surface area contributed by atoms with Crippen LogP contribution < -0.4 is 15.4 Å². The van der Waals surface area contributed by atoms with Crippen molar-refractivity contribution in [1.29, 1.82) is 0 Å². The summed E-state index contributed by atoms with van der Waals surface area (Å²) >= 11 is 0. The van der Waals surface area contributed by atoms with E-state index >= 15 is 0 Å². The molecule has 1 fully saturated rings. The first-order chi connectivity index (χ1) is 10.3. The van der Waals surface area contributed by atoms with Gasteiger partial charge in [0, 0.05) is 18.4 Å². The first-order valence-electron chi connectivity index (χ1n) is 6.79. The Bertz CT molecular complexity index is 638. The lowest BCUT2D eigenvalue weighted by atomic mass is 10.2. The van der Waals surface area contributed by atoms with Crippen molar-refractivity contribution < 1.29 is 9.53 Å². The molecule has 0 atom stereocenters. The molecule has 1 aliphatic rings. The lowest BCUT2D eigenvalue weighted by Gasteiger charge is -2.09. The second kappa shape index (κ2) is 5.78. The molecule has 0 spiro atoms. The van der Waals surface area contributed by atoms with Crippen molar-refractivity contribution in [2.45, 2.75) is 18.9 Å². The number of anilines is 2. The van der Waals surface area contributed by atoms with Crippen LogP contribution in [0.25, 0.3) is 0 Å². The van der Waals surface area contributed by atoms with Crippen LogP contribution in [0.5, 0.6) is 5.75 Å². The fourth-order valence-electron chi connectivity index (χ4n) is 1.87. The van der Waals surface area contributed by atoms with E-state index < -0.39 is 0 Å². The van der Waals surface area contributed by atoms with Gasteiger partial charge in [-0.2, -0.15) is 0 Å². The van der Waals surface area contributed by atoms with Crippen LogP contribution in [-0.2, 0) is 0 Å². The zero-order valence-corrected chi connectivity index (χ0v) is 11.7. The number of benzene rings is 1. The van der Waals surface area contributed by atoms with E-state index in [0.717, 1.165) is 12.8 Å². The average molecular weight is 284 g/mol. The predicted molar refractivity (Wildman–Crippen MR) is 79.6 cm³/mol. The van der Waals surface area contributed by atoms with E-state index in [-0.39, 0.29) is 5.91 Å². The Balaban J connectivity index is 1.69. The maximum atomic E-state index is 12.2. The summed E-state index contributed by atoms with van der Waals surface area (Å²) in [7, 11) is 1.56. The number of aromatic nitrogens is 2. The maximum Gasteiger partial charge on any atom is 0.258 e. The molecule has 1 aliphatic carbocycles. The van der Waals surface area contributed by atoms with E-state index in [1.807, 2.05) is 12.1 Å². The first-order valence-corrected chi connectivity index (χ1v) is 6.79. The van der Waals surface area contributed by atoms with Gasteiger partial charge in [-0.15, -0.1) is 0 Å². The quantitative estimate of drug-likeness (QED) is 0.881. The molecule has 2 aromatic rings. The molecule has 0 radical (unpaired) electrons.